The van der Waals surface area contributed by atoms with Gasteiger partial charge in [0, 0.05) is 5.56 Å². The Balaban J connectivity index is 2.10. The molecule has 1 aliphatic heterocycles. The fourth-order valence-electron chi connectivity index (χ4n) is 2.04. The lowest BCUT2D eigenvalue weighted by Crippen LogP contribution is -2.60. The van der Waals surface area contributed by atoms with E-state index in [4.69, 9.17) is 14.7 Å². The number of carbonyl (C=O) groups is 1. The highest BCUT2D eigenvalue weighted by atomic mass is 16.7. The van der Waals surface area contributed by atoms with E-state index in [2.05, 4.69) is 0 Å². The van der Waals surface area contributed by atoms with Crippen molar-refractivity contribution in [2.45, 2.75) is 36.8 Å². The summed E-state index contributed by atoms with van der Waals surface area (Å²) in [5.41, 5.74) is 0.421. The zero-order valence-corrected chi connectivity index (χ0v) is 11.3. The van der Waals surface area contributed by atoms with E-state index in [0.717, 1.165) is 0 Å². The number of nitriles is 1. The van der Waals surface area contributed by atoms with Crippen molar-refractivity contribution in [2.75, 3.05) is 0 Å². The maximum Gasteiger partial charge on any atom is 0.339 e. The minimum atomic E-state index is -1.85. The predicted octanol–water partition coefficient (Wildman–Crippen LogP) is -1.41. The molecule has 0 aromatic heterocycles. The average Bonchev–Trinajstić information content (AvgIpc) is 2.54. The molecule has 1 aliphatic rings. The zero-order valence-electron chi connectivity index (χ0n) is 11.3. The summed E-state index contributed by atoms with van der Waals surface area (Å²) in [6.07, 6.45) is -10.1. The summed E-state index contributed by atoms with van der Waals surface area (Å²) >= 11 is 0. The first-order valence-electron chi connectivity index (χ1n) is 6.48. The van der Waals surface area contributed by atoms with Crippen molar-refractivity contribution >= 4 is 5.97 Å². The van der Waals surface area contributed by atoms with Gasteiger partial charge in [-0.2, -0.15) is 5.26 Å². The highest BCUT2D eigenvalue weighted by Gasteiger charge is 2.47. The van der Waals surface area contributed by atoms with Gasteiger partial charge in [0.05, 0.1) is 0 Å². The van der Waals surface area contributed by atoms with Gasteiger partial charge in [0.15, 0.2) is 12.4 Å². The zero-order chi connectivity index (χ0) is 16.3. The van der Waals surface area contributed by atoms with Gasteiger partial charge in [-0.3, -0.25) is 0 Å². The van der Waals surface area contributed by atoms with Crippen LogP contribution in [-0.2, 0) is 14.3 Å². The van der Waals surface area contributed by atoms with Crippen LogP contribution in [0.1, 0.15) is 11.7 Å². The Labute approximate surface area is 125 Å². The first-order chi connectivity index (χ1) is 10.5. The van der Waals surface area contributed by atoms with Crippen molar-refractivity contribution < 1.29 is 34.7 Å². The third-order valence-electron chi connectivity index (χ3n) is 3.27. The molecule has 0 radical (unpaired) electrons. The van der Waals surface area contributed by atoms with Crippen molar-refractivity contribution in [1.82, 2.24) is 0 Å². The number of nitrogens with zero attached hydrogens (tertiary/aromatic N) is 1. The molecule has 8 heteroatoms. The van der Waals surface area contributed by atoms with E-state index in [1.807, 2.05) is 0 Å². The van der Waals surface area contributed by atoms with Gasteiger partial charge in [-0.1, -0.05) is 30.3 Å². The van der Waals surface area contributed by atoms with Crippen molar-refractivity contribution in [3.05, 3.63) is 35.9 Å². The molecule has 0 aliphatic carbocycles. The molecular weight excluding hydrogens is 294 g/mol. The molecule has 1 aromatic rings. The van der Waals surface area contributed by atoms with Gasteiger partial charge >= 0.3 is 5.97 Å². The predicted molar refractivity (Wildman–Crippen MR) is 69.8 cm³/mol. The summed E-state index contributed by atoms with van der Waals surface area (Å²) in [5, 5.41) is 47.0. The lowest BCUT2D eigenvalue weighted by Gasteiger charge is -2.37. The second kappa shape index (κ2) is 6.83. The van der Waals surface area contributed by atoms with Crippen LogP contribution in [-0.4, -0.2) is 57.1 Å². The third kappa shape index (κ3) is 3.24. The van der Waals surface area contributed by atoms with Crippen LogP contribution in [0.15, 0.2) is 30.3 Å². The van der Waals surface area contributed by atoms with Crippen LogP contribution in [0.5, 0.6) is 0 Å². The first-order valence-corrected chi connectivity index (χ1v) is 6.48. The Bertz CT molecular complexity index is 558. The number of rotatable bonds is 3. The monoisotopic (exact) mass is 309 g/mol. The largest absolute Gasteiger partial charge is 0.440 e. The minimum Gasteiger partial charge on any atom is -0.440 e. The van der Waals surface area contributed by atoms with Gasteiger partial charge in [0.2, 0.25) is 6.10 Å². The van der Waals surface area contributed by atoms with Crippen molar-refractivity contribution in [3.8, 4) is 6.07 Å². The molecule has 0 spiro atoms. The third-order valence-corrected chi connectivity index (χ3v) is 3.27. The van der Waals surface area contributed by atoms with Gasteiger partial charge in [-0.15, -0.1) is 0 Å². The smallest absolute Gasteiger partial charge is 0.339 e. The summed E-state index contributed by atoms with van der Waals surface area (Å²) in [4.78, 5) is 12.0. The van der Waals surface area contributed by atoms with E-state index in [9.17, 15) is 25.2 Å². The van der Waals surface area contributed by atoms with Crippen LogP contribution >= 0.6 is 0 Å². The van der Waals surface area contributed by atoms with Crippen LogP contribution in [0.3, 0.4) is 0 Å². The average molecular weight is 309 g/mol. The van der Waals surface area contributed by atoms with Crippen molar-refractivity contribution in [1.29, 1.82) is 5.26 Å². The summed E-state index contributed by atoms with van der Waals surface area (Å²) in [5.74, 6) is -1.13. The molecule has 2 rings (SSSR count). The van der Waals surface area contributed by atoms with E-state index in [-0.39, 0.29) is 0 Å². The van der Waals surface area contributed by atoms with Crippen molar-refractivity contribution in [2.24, 2.45) is 0 Å². The number of esters is 1. The molecule has 0 bridgehead atoms. The molecule has 8 nitrogen and oxygen atoms in total. The number of hydrogen-bond acceptors (Lipinski definition) is 8. The molecule has 4 N–H and O–H groups in total. The molecule has 6 atom stereocenters. The quantitative estimate of drug-likeness (QED) is 0.499. The maximum atomic E-state index is 12.0. The van der Waals surface area contributed by atoms with Gasteiger partial charge in [0.1, 0.15) is 24.4 Å². The van der Waals surface area contributed by atoms with E-state index >= 15 is 0 Å². The molecule has 1 heterocycles. The van der Waals surface area contributed by atoms with E-state index in [0.29, 0.717) is 5.56 Å². The molecule has 0 saturated carbocycles. The number of aliphatic hydroxyl groups excluding tert-OH is 4. The Morgan fingerprint density at radius 2 is 1.77 bits per heavy atom. The topological polar surface area (TPSA) is 140 Å². The maximum absolute atomic E-state index is 12.0. The number of ether oxygens (including phenoxy) is 2. The second-order valence-electron chi connectivity index (χ2n) is 4.78. The number of benzene rings is 1. The van der Waals surface area contributed by atoms with Gasteiger partial charge < -0.3 is 29.9 Å². The molecule has 1 fully saturated rings. The normalized spacial score (nSPS) is 32.8. The molecule has 1 aromatic carbocycles. The van der Waals surface area contributed by atoms with Crippen LogP contribution in [0.25, 0.3) is 0 Å². The van der Waals surface area contributed by atoms with Crippen molar-refractivity contribution in [3.63, 3.8) is 0 Å². The van der Waals surface area contributed by atoms with Gasteiger partial charge in [-0.05, 0) is 0 Å². The van der Waals surface area contributed by atoms with E-state index in [1.165, 1.54) is 0 Å². The molecule has 1 unspecified atom stereocenters. The fraction of sp³-hybridized carbons (Fsp3) is 0.429. The number of hydrogen-bond donors (Lipinski definition) is 4. The Morgan fingerprint density at radius 3 is 2.36 bits per heavy atom. The van der Waals surface area contributed by atoms with Crippen LogP contribution in [0.2, 0.25) is 0 Å². The number of aliphatic hydroxyl groups is 4. The van der Waals surface area contributed by atoms with Crippen LogP contribution in [0.4, 0.5) is 0 Å². The Kier molecular flexibility index (Phi) is 5.07. The fourth-order valence-corrected chi connectivity index (χ4v) is 2.04. The molecule has 118 valence electrons. The highest BCUT2D eigenvalue weighted by Crippen LogP contribution is 2.23. The van der Waals surface area contributed by atoms with Crippen LogP contribution in [0, 0.1) is 11.3 Å². The Morgan fingerprint density at radius 1 is 1.14 bits per heavy atom. The second-order valence-corrected chi connectivity index (χ2v) is 4.78. The summed E-state index contributed by atoms with van der Waals surface area (Å²) < 4.78 is 9.67. The molecule has 0 amide bonds. The molecular formula is C14H15NO7. The Hall–Kier alpha value is -2.02. The number of carbonyl (C=O) groups excluding carboxylic acids is 1. The minimum absolute atomic E-state index is 0.421. The lowest BCUT2D eigenvalue weighted by atomic mass is 9.99. The summed E-state index contributed by atoms with van der Waals surface area (Å²) in [6.45, 7) is 0. The first kappa shape index (κ1) is 16.4. The van der Waals surface area contributed by atoms with E-state index < -0.39 is 42.8 Å². The highest BCUT2D eigenvalue weighted by molar-refractivity contribution is 5.76. The molecule has 22 heavy (non-hydrogen) atoms. The van der Waals surface area contributed by atoms with Gasteiger partial charge in [-0.25, -0.2) is 4.79 Å². The van der Waals surface area contributed by atoms with E-state index in [1.54, 1.807) is 36.4 Å². The van der Waals surface area contributed by atoms with Crippen LogP contribution < -0.4 is 0 Å². The lowest BCUT2D eigenvalue weighted by molar-refractivity contribution is -0.281. The SMILES string of the molecule is N#CC(OC(=O)[C@H]1O[C@@H](O)[C@H](O)[C@@H](O)[C@@H]1O)c1ccccc1. The summed E-state index contributed by atoms with van der Waals surface area (Å²) in [7, 11) is 0. The summed E-state index contributed by atoms with van der Waals surface area (Å²) in [6, 6.07) is 9.97. The standard InChI is InChI=1S/C14H15NO7/c15-6-8(7-4-2-1-3-5-7)21-14(20)12-10(17)9(16)11(18)13(19)22-12/h1-5,8-13,16-19H/t8?,9-,10-,11+,12-,13+/m0/s1. The molecule has 1 saturated heterocycles. The van der Waals surface area contributed by atoms with Gasteiger partial charge in [0.25, 0.3) is 0 Å².